The number of fused-ring (bicyclic) bond motifs is 1. The van der Waals surface area contributed by atoms with E-state index in [1.807, 2.05) is 4.57 Å². The van der Waals surface area contributed by atoms with Crippen LogP contribution in [0.3, 0.4) is 0 Å². The lowest BCUT2D eigenvalue weighted by atomic mass is 10.2. The van der Waals surface area contributed by atoms with Gasteiger partial charge in [-0.05, 0) is 37.3 Å². The molecule has 8 heteroatoms. The molecule has 2 aromatic heterocycles. The number of halogens is 1. The van der Waals surface area contributed by atoms with Crippen molar-refractivity contribution in [1.82, 2.24) is 19.5 Å². The fraction of sp³-hybridized carbons (Fsp3) is 0.615. The van der Waals surface area contributed by atoms with E-state index >= 15 is 0 Å². The van der Waals surface area contributed by atoms with Crippen molar-refractivity contribution < 1.29 is 9.84 Å². The molecular formula is C13H18ClN5O2. The molecule has 2 N–H and O–H groups in total. The number of ether oxygens (including phenoxy) is 1. The number of rotatable bonds is 5. The summed E-state index contributed by atoms with van der Waals surface area (Å²) in [5.74, 6) is 0.591. The summed E-state index contributed by atoms with van der Waals surface area (Å²) in [6.07, 6.45) is 5.48. The first-order chi connectivity index (χ1) is 10.3. The third kappa shape index (κ3) is 3.09. The Labute approximate surface area is 127 Å². The summed E-state index contributed by atoms with van der Waals surface area (Å²) >= 11 is 6.01. The highest BCUT2D eigenvalue weighted by atomic mass is 35.5. The van der Waals surface area contributed by atoms with Crippen molar-refractivity contribution in [3.63, 3.8) is 0 Å². The topological polar surface area (TPSA) is 85.1 Å². The van der Waals surface area contributed by atoms with Crippen molar-refractivity contribution in [2.75, 3.05) is 25.1 Å². The Morgan fingerprint density at radius 3 is 3.10 bits per heavy atom. The van der Waals surface area contributed by atoms with Gasteiger partial charge in [0.15, 0.2) is 17.0 Å². The zero-order chi connectivity index (χ0) is 14.7. The molecule has 7 nitrogen and oxygen atoms in total. The van der Waals surface area contributed by atoms with E-state index in [9.17, 15) is 0 Å². The molecule has 1 saturated heterocycles. The maximum absolute atomic E-state index is 8.85. The number of aromatic nitrogens is 4. The van der Waals surface area contributed by atoms with Crippen LogP contribution in [0.2, 0.25) is 5.28 Å². The van der Waals surface area contributed by atoms with Gasteiger partial charge in [-0.2, -0.15) is 9.97 Å². The first-order valence-electron chi connectivity index (χ1n) is 7.16. The second kappa shape index (κ2) is 6.55. The van der Waals surface area contributed by atoms with E-state index in [-0.39, 0.29) is 18.1 Å². The van der Waals surface area contributed by atoms with Crippen molar-refractivity contribution in [3.8, 4) is 0 Å². The van der Waals surface area contributed by atoms with Gasteiger partial charge in [-0.1, -0.05) is 0 Å². The van der Waals surface area contributed by atoms with E-state index in [4.69, 9.17) is 21.4 Å². The lowest BCUT2D eigenvalue weighted by molar-refractivity contribution is -0.0298. The molecule has 1 unspecified atom stereocenters. The summed E-state index contributed by atoms with van der Waals surface area (Å²) in [6.45, 7) is 1.48. The summed E-state index contributed by atoms with van der Waals surface area (Å²) in [4.78, 5) is 12.8. The minimum Gasteiger partial charge on any atom is -0.396 e. The van der Waals surface area contributed by atoms with Crippen LogP contribution in [0, 0.1) is 0 Å². The van der Waals surface area contributed by atoms with Gasteiger partial charge in [0, 0.05) is 19.8 Å². The first kappa shape index (κ1) is 14.5. The molecule has 1 aliphatic heterocycles. The molecule has 2 aromatic rings. The lowest BCUT2D eigenvalue weighted by Crippen LogP contribution is -2.17. The Balaban J connectivity index is 1.93. The monoisotopic (exact) mass is 311 g/mol. The van der Waals surface area contributed by atoms with Gasteiger partial charge in [0.25, 0.3) is 0 Å². The molecule has 0 amide bonds. The van der Waals surface area contributed by atoms with Crippen LogP contribution in [0.15, 0.2) is 6.33 Å². The third-order valence-electron chi connectivity index (χ3n) is 3.49. The average Bonchev–Trinajstić information content (AvgIpc) is 2.92. The molecule has 0 saturated carbocycles. The number of hydrogen-bond acceptors (Lipinski definition) is 6. The Bertz CT molecular complexity index is 612. The molecular weight excluding hydrogens is 294 g/mol. The van der Waals surface area contributed by atoms with E-state index in [1.54, 1.807) is 6.33 Å². The van der Waals surface area contributed by atoms with Crippen molar-refractivity contribution in [2.45, 2.75) is 31.9 Å². The fourth-order valence-corrected chi connectivity index (χ4v) is 2.62. The standard InChI is InChI=1S/C13H18ClN5O2/c14-13-17-11(15-5-3-6-20)10-12(18-13)19(8-16-10)9-4-1-2-7-21-9/h8-9,20H,1-7H2,(H,15,17,18). The molecule has 0 aliphatic carbocycles. The number of aliphatic hydroxyl groups excluding tert-OH is 1. The molecule has 0 bridgehead atoms. The van der Waals surface area contributed by atoms with Gasteiger partial charge in [0.2, 0.25) is 5.28 Å². The zero-order valence-corrected chi connectivity index (χ0v) is 12.4. The van der Waals surface area contributed by atoms with Crippen molar-refractivity contribution in [1.29, 1.82) is 0 Å². The molecule has 3 rings (SSSR count). The van der Waals surface area contributed by atoms with Crippen LogP contribution in [0.5, 0.6) is 0 Å². The highest BCUT2D eigenvalue weighted by Gasteiger charge is 2.20. The van der Waals surface area contributed by atoms with Crippen LogP contribution in [0.25, 0.3) is 11.2 Å². The predicted octanol–water partition coefficient (Wildman–Crippen LogP) is 1.97. The predicted molar refractivity (Wildman–Crippen MR) is 79.4 cm³/mol. The number of imidazole rings is 1. The second-order valence-electron chi connectivity index (χ2n) is 4.99. The molecule has 114 valence electrons. The molecule has 3 heterocycles. The van der Waals surface area contributed by atoms with Gasteiger partial charge in [0.1, 0.15) is 6.23 Å². The van der Waals surface area contributed by atoms with Crippen LogP contribution in [-0.4, -0.2) is 44.4 Å². The largest absolute Gasteiger partial charge is 0.396 e. The number of hydrogen-bond donors (Lipinski definition) is 2. The van der Waals surface area contributed by atoms with Crippen molar-refractivity contribution in [3.05, 3.63) is 11.6 Å². The SMILES string of the molecule is OCCCNc1nc(Cl)nc2c1ncn2C1CCCCO1. The minimum atomic E-state index is -0.0417. The second-order valence-corrected chi connectivity index (χ2v) is 5.33. The van der Waals surface area contributed by atoms with Gasteiger partial charge in [-0.15, -0.1) is 0 Å². The van der Waals surface area contributed by atoms with E-state index in [1.165, 1.54) is 0 Å². The van der Waals surface area contributed by atoms with Crippen molar-refractivity contribution in [2.24, 2.45) is 0 Å². The maximum Gasteiger partial charge on any atom is 0.226 e. The smallest absolute Gasteiger partial charge is 0.226 e. The molecule has 21 heavy (non-hydrogen) atoms. The van der Waals surface area contributed by atoms with Gasteiger partial charge >= 0.3 is 0 Å². The molecule has 1 fully saturated rings. The highest BCUT2D eigenvalue weighted by molar-refractivity contribution is 6.28. The summed E-state index contributed by atoms with van der Waals surface area (Å²) in [5, 5.41) is 12.2. The van der Waals surface area contributed by atoms with E-state index in [0.717, 1.165) is 25.9 Å². The van der Waals surface area contributed by atoms with Crippen LogP contribution in [0.1, 0.15) is 31.9 Å². The number of nitrogens with one attached hydrogen (secondary N) is 1. The van der Waals surface area contributed by atoms with E-state index in [0.29, 0.717) is 29.9 Å². The first-order valence-corrected chi connectivity index (χ1v) is 7.54. The number of aliphatic hydroxyl groups is 1. The highest BCUT2D eigenvalue weighted by Crippen LogP contribution is 2.28. The molecule has 0 aromatic carbocycles. The maximum atomic E-state index is 8.85. The molecule has 1 atom stereocenters. The van der Waals surface area contributed by atoms with Gasteiger partial charge in [0.05, 0.1) is 6.33 Å². The summed E-state index contributed by atoms with van der Waals surface area (Å²) in [5.41, 5.74) is 1.35. The van der Waals surface area contributed by atoms with Crippen LogP contribution in [0.4, 0.5) is 5.82 Å². The summed E-state index contributed by atoms with van der Waals surface area (Å²) in [7, 11) is 0. The number of anilines is 1. The van der Waals surface area contributed by atoms with Crippen LogP contribution < -0.4 is 5.32 Å². The molecule has 0 spiro atoms. The summed E-state index contributed by atoms with van der Waals surface area (Å²) < 4.78 is 7.69. The third-order valence-corrected chi connectivity index (χ3v) is 3.66. The van der Waals surface area contributed by atoms with Crippen LogP contribution in [-0.2, 0) is 4.74 Å². The quantitative estimate of drug-likeness (QED) is 0.648. The molecule has 1 aliphatic rings. The van der Waals surface area contributed by atoms with Gasteiger partial charge in [-0.3, -0.25) is 4.57 Å². The Hall–Kier alpha value is -1.44. The van der Waals surface area contributed by atoms with Crippen LogP contribution >= 0.6 is 11.6 Å². The Kier molecular flexibility index (Phi) is 4.52. The zero-order valence-electron chi connectivity index (χ0n) is 11.6. The number of nitrogens with zero attached hydrogens (tertiary/aromatic N) is 4. The normalized spacial score (nSPS) is 19.0. The lowest BCUT2D eigenvalue weighted by Gasteiger charge is -2.23. The van der Waals surface area contributed by atoms with E-state index in [2.05, 4.69) is 20.3 Å². The van der Waals surface area contributed by atoms with Gasteiger partial charge in [-0.25, -0.2) is 4.98 Å². The fourth-order valence-electron chi connectivity index (χ4n) is 2.45. The van der Waals surface area contributed by atoms with Crippen molar-refractivity contribution >= 4 is 28.6 Å². The van der Waals surface area contributed by atoms with E-state index < -0.39 is 0 Å². The molecule has 0 radical (unpaired) electrons. The minimum absolute atomic E-state index is 0.0417. The Morgan fingerprint density at radius 2 is 2.33 bits per heavy atom. The van der Waals surface area contributed by atoms with Gasteiger partial charge < -0.3 is 15.2 Å². The average molecular weight is 312 g/mol. The Morgan fingerprint density at radius 1 is 1.43 bits per heavy atom. The summed E-state index contributed by atoms with van der Waals surface area (Å²) in [6, 6.07) is 0.